The number of aryl methyl sites for hydroxylation is 2. The molecule has 1 N–H and O–H groups in total. The fourth-order valence-electron chi connectivity index (χ4n) is 6.65. The molecule has 4 aromatic rings. The van der Waals surface area contributed by atoms with Crippen LogP contribution in [0, 0.1) is 19.8 Å². The summed E-state index contributed by atoms with van der Waals surface area (Å²) in [5, 5.41) is 12.1. The van der Waals surface area contributed by atoms with Crippen LogP contribution in [0.25, 0.3) is 0 Å². The number of sulfonamides is 2. The minimum absolute atomic E-state index is 0.0549. The molecule has 2 heterocycles. The highest BCUT2D eigenvalue weighted by molar-refractivity contribution is 7.89. The molecule has 3 unspecified atom stereocenters. The maximum atomic E-state index is 14.6. The van der Waals surface area contributed by atoms with Crippen molar-refractivity contribution in [3.63, 3.8) is 0 Å². The van der Waals surface area contributed by atoms with Gasteiger partial charge in [0.15, 0.2) is 0 Å². The Hall–Kier alpha value is -3.05. The molecule has 230 valence electrons. The van der Waals surface area contributed by atoms with E-state index in [0.29, 0.717) is 10.6 Å². The summed E-state index contributed by atoms with van der Waals surface area (Å²) in [6, 6.07) is 27.8. The van der Waals surface area contributed by atoms with Crippen LogP contribution in [-0.4, -0.2) is 49.2 Å². The molecule has 0 aliphatic carbocycles. The van der Waals surface area contributed by atoms with E-state index in [2.05, 4.69) is 0 Å². The molecule has 0 aromatic heterocycles. The number of aliphatic hydroxyl groups is 1. The van der Waals surface area contributed by atoms with Gasteiger partial charge in [-0.3, -0.25) is 0 Å². The summed E-state index contributed by atoms with van der Waals surface area (Å²) in [4.78, 5) is 0.304. The first-order chi connectivity index (χ1) is 21.0. The van der Waals surface area contributed by atoms with Gasteiger partial charge >= 0.3 is 0 Å². The lowest BCUT2D eigenvalue weighted by Crippen LogP contribution is -2.62. The Morgan fingerprint density at radius 1 is 0.682 bits per heavy atom. The first kappa shape index (κ1) is 31.0. The third-order valence-corrected chi connectivity index (χ3v) is 13.0. The minimum atomic E-state index is -4.07. The number of benzene rings is 4. The van der Waals surface area contributed by atoms with Gasteiger partial charge in [0, 0.05) is 23.5 Å². The van der Waals surface area contributed by atoms with Crippen molar-refractivity contribution in [3.05, 3.63) is 130 Å². The summed E-state index contributed by atoms with van der Waals surface area (Å²) in [5.74, 6) is -0.661. The number of fused-ring (bicyclic) bond motifs is 1. The molecule has 0 radical (unpaired) electrons. The molecule has 10 heteroatoms. The highest BCUT2D eigenvalue weighted by Gasteiger charge is 2.54. The van der Waals surface area contributed by atoms with Gasteiger partial charge in [-0.05, 0) is 74.2 Å². The number of hydrogen-bond donors (Lipinski definition) is 1. The molecular weight excluding hydrogens is 616 g/mol. The number of hydrogen-bond acceptors (Lipinski definition) is 5. The molecule has 2 fully saturated rings. The van der Waals surface area contributed by atoms with Gasteiger partial charge in [0.1, 0.15) is 0 Å². The van der Waals surface area contributed by atoms with Gasteiger partial charge in [-0.25, -0.2) is 16.8 Å². The Kier molecular flexibility index (Phi) is 8.47. The van der Waals surface area contributed by atoms with Crippen LogP contribution in [0.2, 0.25) is 5.02 Å². The molecule has 44 heavy (non-hydrogen) atoms. The summed E-state index contributed by atoms with van der Waals surface area (Å²) in [6.45, 7) is 3.73. The fourth-order valence-corrected chi connectivity index (χ4v) is 10.4. The maximum Gasteiger partial charge on any atom is 0.243 e. The molecule has 4 aromatic carbocycles. The topological polar surface area (TPSA) is 95.0 Å². The van der Waals surface area contributed by atoms with E-state index in [-0.39, 0.29) is 29.2 Å². The van der Waals surface area contributed by atoms with Gasteiger partial charge in [0.05, 0.1) is 28.0 Å². The Morgan fingerprint density at radius 2 is 1.25 bits per heavy atom. The van der Waals surface area contributed by atoms with Crippen molar-refractivity contribution < 1.29 is 21.9 Å². The smallest absolute Gasteiger partial charge is 0.243 e. The van der Waals surface area contributed by atoms with Crippen molar-refractivity contribution in [1.29, 1.82) is 0 Å². The Morgan fingerprint density at radius 3 is 1.84 bits per heavy atom. The number of aliphatic hydroxyl groups excluding tert-OH is 1. The zero-order valence-corrected chi connectivity index (χ0v) is 26.9. The zero-order chi connectivity index (χ0) is 31.2. The summed E-state index contributed by atoms with van der Waals surface area (Å²) in [6.07, 6.45) is -0.663. The van der Waals surface area contributed by atoms with Gasteiger partial charge in [0.25, 0.3) is 0 Å². The fraction of sp³-hybridized carbons (Fsp3) is 0.294. The molecule has 6 rings (SSSR count). The molecule has 2 saturated heterocycles. The first-order valence-corrected chi connectivity index (χ1v) is 17.9. The predicted octanol–water partition coefficient (Wildman–Crippen LogP) is 6.27. The van der Waals surface area contributed by atoms with E-state index in [1.807, 2.05) is 50.2 Å². The van der Waals surface area contributed by atoms with Gasteiger partial charge in [-0.15, -0.1) is 0 Å². The van der Waals surface area contributed by atoms with Crippen LogP contribution in [0.15, 0.2) is 113 Å². The number of nitrogens with zero attached hydrogens (tertiary/aromatic N) is 2. The van der Waals surface area contributed by atoms with E-state index in [1.165, 1.54) is 8.61 Å². The van der Waals surface area contributed by atoms with Gasteiger partial charge in [-0.1, -0.05) is 89.5 Å². The Labute approximate surface area is 264 Å². The number of rotatable bonds is 6. The van der Waals surface area contributed by atoms with Crippen molar-refractivity contribution in [2.75, 3.05) is 6.54 Å². The maximum absolute atomic E-state index is 14.6. The van der Waals surface area contributed by atoms with Crippen LogP contribution < -0.4 is 0 Å². The second-order valence-electron chi connectivity index (χ2n) is 11.8. The SMILES string of the molecule is Cc1ccc(S(=O)(=O)N2C[C@H]3C(O)CC(c4ccccc4)N(S(=O)(=O)c4ccc(C)cc4)[C@H]3CC2c2cccc(Cl)c2)cc1. The number of halogens is 1. The summed E-state index contributed by atoms with van der Waals surface area (Å²) in [7, 11) is -8.09. The highest BCUT2D eigenvalue weighted by atomic mass is 35.5. The molecule has 0 bridgehead atoms. The molecule has 2 aliphatic heterocycles. The average molecular weight is 651 g/mol. The first-order valence-electron chi connectivity index (χ1n) is 14.6. The molecule has 5 atom stereocenters. The normalized spacial score (nSPS) is 25.0. The largest absolute Gasteiger partial charge is 0.393 e. The monoisotopic (exact) mass is 650 g/mol. The predicted molar refractivity (Wildman–Crippen MR) is 171 cm³/mol. The van der Waals surface area contributed by atoms with E-state index < -0.39 is 50.2 Å². The quantitative estimate of drug-likeness (QED) is 0.265. The second-order valence-corrected chi connectivity index (χ2v) is 16.0. The van der Waals surface area contributed by atoms with Crippen molar-refractivity contribution in [2.24, 2.45) is 5.92 Å². The van der Waals surface area contributed by atoms with Crippen molar-refractivity contribution in [3.8, 4) is 0 Å². The molecule has 7 nitrogen and oxygen atoms in total. The number of piperidine rings is 2. The molecule has 2 aliphatic rings. The minimum Gasteiger partial charge on any atom is -0.393 e. The van der Waals surface area contributed by atoms with Gasteiger partial charge in [0.2, 0.25) is 20.0 Å². The van der Waals surface area contributed by atoms with Crippen LogP contribution in [0.5, 0.6) is 0 Å². The molecule has 0 saturated carbocycles. The second kappa shape index (κ2) is 12.0. The van der Waals surface area contributed by atoms with E-state index in [9.17, 15) is 21.9 Å². The highest BCUT2D eigenvalue weighted by Crippen LogP contribution is 2.49. The van der Waals surface area contributed by atoms with Gasteiger partial charge < -0.3 is 5.11 Å². The molecule has 0 spiro atoms. The van der Waals surface area contributed by atoms with E-state index in [0.717, 1.165) is 16.7 Å². The van der Waals surface area contributed by atoms with Crippen LogP contribution in [-0.2, 0) is 20.0 Å². The Bertz CT molecular complexity index is 1850. The lowest BCUT2D eigenvalue weighted by Gasteiger charge is -2.53. The molecule has 0 amide bonds. The van der Waals surface area contributed by atoms with Crippen molar-refractivity contribution in [2.45, 2.75) is 60.7 Å². The van der Waals surface area contributed by atoms with E-state index in [4.69, 9.17) is 11.6 Å². The zero-order valence-electron chi connectivity index (χ0n) is 24.5. The van der Waals surface area contributed by atoms with E-state index in [1.54, 1.807) is 66.7 Å². The van der Waals surface area contributed by atoms with Crippen LogP contribution in [0.3, 0.4) is 0 Å². The van der Waals surface area contributed by atoms with Crippen LogP contribution >= 0.6 is 11.6 Å². The van der Waals surface area contributed by atoms with Crippen molar-refractivity contribution in [1.82, 2.24) is 8.61 Å². The average Bonchev–Trinajstić information content (AvgIpc) is 3.01. The molecular formula is C34H35ClN2O5S2. The summed E-state index contributed by atoms with van der Waals surface area (Å²) in [5.41, 5.74) is 3.30. The summed E-state index contributed by atoms with van der Waals surface area (Å²) < 4.78 is 60.6. The lowest BCUT2D eigenvalue weighted by molar-refractivity contribution is -0.0492. The lowest BCUT2D eigenvalue weighted by atomic mass is 9.77. The Balaban J connectivity index is 1.50. The van der Waals surface area contributed by atoms with Crippen LogP contribution in [0.1, 0.15) is 47.2 Å². The third-order valence-electron chi connectivity index (χ3n) is 8.93. The van der Waals surface area contributed by atoms with E-state index >= 15 is 0 Å². The van der Waals surface area contributed by atoms with Crippen LogP contribution in [0.4, 0.5) is 0 Å². The van der Waals surface area contributed by atoms with Gasteiger partial charge in [-0.2, -0.15) is 8.61 Å². The standard InChI is InChI=1S/C34H35ClN2O5S2/c1-23-11-15-28(16-12-23)43(39,40)36-22-30-33(20-31(36)26-9-6-10-27(35)19-26)37(44(41,42)29-17-13-24(2)14-18-29)32(21-34(30)38)25-7-4-3-5-8-25/h3-19,30-34,38H,20-22H2,1-2H3/t30-,31?,32?,33+,34?/m1/s1. The third kappa shape index (κ3) is 5.73. The van der Waals surface area contributed by atoms with Crippen molar-refractivity contribution >= 4 is 31.6 Å². The summed E-state index contributed by atoms with van der Waals surface area (Å²) >= 11 is 6.40.